The lowest BCUT2D eigenvalue weighted by atomic mass is 10.1. The molecule has 7 heteroatoms. The molecule has 0 saturated heterocycles. The molecule has 24 heavy (non-hydrogen) atoms. The highest BCUT2D eigenvalue weighted by molar-refractivity contribution is 6.06. The number of methoxy groups -OCH3 is 1. The van der Waals surface area contributed by atoms with E-state index in [1.54, 1.807) is 37.6 Å². The normalized spacial score (nSPS) is 16.5. The fraction of sp³-hybridized carbons (Fsp3) is 0.353. The number of nitrogens with one attached hydrogen (secondary N) is 1. The molecule has 0 bridgehead atoms. The highest BCUT2D eigenvalue weighted by Gasteiger charge is 2.30. The molecule has 126 valence electrons. The number of aromatic nitrogens is 2. The molecule has 1 aromatic carbocycles. The van der Waals surface area contributed by atoms with Crippen LogP contribution in [0.1, 0.15) is 24.6 Å². The molecule has 1 N–H and O–H groups in total. The third-order valence-electron chi connectivity index (χ3n) is 4.03. The summed E-state index contributed by atoms with van der Waals surface area (Å²) in [5.74, 6) is 0.513. The van der Waals surface area contributed by atoms with Crippen molar-refractivity contribution in [2.24, 2.45) is 5.16 Å². The summed E-state index contributed by atoms with van der Waals surface area (Å²) in [7, 11) is 1.60. The topological polar surface area (TPSA) is 77.7 Å². The van der Waals surface area contributed by atoms with Crippen molar-refractivity contribution < 1.29 is 14.4 Å². The van der Waals surface area contributed by atoms with Crippen molar-refractivity contribution >= 4 is 17.3 Å². The molecule has 3 rings (SSSR count). The minimum Gasteiger partial charge on any atom is -0.497 e. The van der Waals surface area contributed by atoms with Crippen LogP contribution in [0.25, 0.3) is 0 Å². The third kappa shape index (κ3) is 3.10. The Balaban J connectivity index is 1.63. The van der Waals surface area contributed by atoms with Crippen LogP contribution >= 0.6 is 0 Å². The Labute approximate surface area is 140 Å². The van der Waals surface area contributed by atoms with E-state index in [0.717, 1.165) is 29.3 Å². The molecule has 1 aliphatic rings. The van der Waals surface area contributed by atoms with Crippen molar-refractivity contribution in [3.63, 3.8) is 0 Å². The van der Waals surface area contributed by atoms with Gasteiger partial charge in [-0.15, -0.1) is 0 Å². The van der Waals surface area contributed by atoms with Gasteiger partial charge in [0.05, 0.1) is 19.0 Å². The Morgan fingerprint density at radius 1 is 1.42 bits per heavy atom. The van der Waals surface area contributed by atoms with Gasteiger partial charge in [0.25, 0.3) is 5.91 Å². The van der Waals surface area contributed by atoms with Crippen molar-refractivity contribution in [3.8, 4) is 5.75 Å². The maximum atomic E-state index is 12.3. The fourth-order valence-electron chi connectivity index (χ4n) is 2.62. The van der Waals surface area contributed by atoms with E-state index in [2.05, 4.69) is 15.6 Å². The van der Waals surface area contributed by atoms with Crippen LogP contribution in [0.4, 0.5) is 5.69 Å². The van der Waals surface area contributed by atoms with Crippen molar-refractivity contribution in [1.29, 1.82) is 0 Å². The van der Waals surface area contributed by atoms with Gasteiger partial charge < -0.3 is 14.9 Å². The maximum absolute atomic E-state index is 12.3. The molecular formula is C17H20N4O3. The predicted molar refractivity (Wildman–Crippen MR) is 90.3 cm³/mol. The van der Waals surface area contributed by atoms with Gasteiger partial charge in [0.15, 0.2) is 0 Å². The smallest absolute Gasteiger partial charge is 0.268 e. The second-order valence-corrected chi connectivity index (χ2v) is 5.51. The van der Waals surface area contributed by atoms with Crippen LogP contribution in [0.5, 0.6) is 5.75 Å². The molecule has 1 amide bonds. The zero-order valence-corrected chi connectivity index (χ0v) is 13.9. The minimum absolute atomic E-state index is 0.223. The van der Waals surface area contributed by atoms with Gasteiger partial charge in [-0.1, -0.05) is 5.16 Å². The molecule has 0 unspecified atom stereocenters. The molecular weight excluding hydrogens is 308 g/mol. The number of carbonyl (C=O) groups excluding carboxylic acids is 1. The van der Waals surface area contributed by atoms with Crippen LogP contribution in [0.2, 0.25) is 0 Å². The molecule has 0 fully saturated rings. The number of rotatable bonds is 5. The predicted octanol–water partition coefficient (Wildman–Crippen LogP) is 2.35. The average molecular weight is 328 g/mol. The molecule has 2 heterocycles. The average Bonchev–Trinajstić information content (AvgIpc) is 3.22. The number of anilines is 1. The van der Waals surface area contributed by atoms with Crippen LogP contribution < -0.4 is 10.1 Å². The van der Waals surface area contributed by atoms with Gasteiger partial charge in [-0.2, -0.15) is 5.10 Å². The van der Waals surface area contributed by atoms with E-state index in [1.165, 1.54) is 0 Å². The first-order chi connectivity index (χ1) is 11.6. The second-order valence-electron chi connectivity index (χ2n) is 5.51. The number of amides is 1. The molecule has 1 aromatic heterocycles. The van der Waals surface area contributed by atoms with Crippen molar-refractivity contribution in [1.82, 2.24) is 9.78 Å². The lowest BCUT2D eigenvalue weighted by Crippen LogP contribution is -2.28. The molecule has 0 spiro atoms. The van der Waals surface area contributed by atoms with Gasteiger partial charge in [-0.05, 0) is 38.1 Å². The zero-order chi connectivity index (χ0) is 17.1. The fourth-order valence-corrected chi connectivity index (χ4v) is 2.62. The largest absolute Gasteiger partial charge is 0.497 e. The first kappa shape index (κ1) is 16.0. The number of oxime groups is 1. The monoisotopic (exact) mass is 328 g/mol. The lowest BCUT2D eigenvalue weighted by Gasteiger charge is -2.10. The van der Waals surface area contributed by atoms with Gasteiger partial charge in [0, 0.05) is 29.9 Å². The van der Waals surface area contributed by atoms with Crippen LogP contribution in [0, 0.1) is 6.92 Å². The Bertz CT molecular complexity index is 765. The summed E-state index contributed by atoms with van der Waals surface area (Å²) in [6.45, 7) is 4.81. The minimum atomic E-state index is -0.633. The molecule has 1 aliphatic heterocycles. The molecule has 7 nitrogen and oxygen atoms in total. The van der Waals surface area contributed by atoms with E-state index >= 15 is 0 Å². The third-order valence-corrected chi connectivity index (χ3v) is 4.03. The van der Waals surface area contributed by atoms with Crippen LogP contribution in [-0.4, -0.2) is 34.6 Å². The number of carbonyl (C=O) groups is 1. The van der Waals surface area contributed by atoms with Gasteiger partial charge in [0.2, 0.25) is 6.10 Å². The van der Waals surface area contributed by atoms with Crippen LogP contribution in [0.15, 0.2) is 35.6 Å². The first-order valence-corrected chi connectivity index (χ1v) is 7.82. The molecule has 0 aliphatic carbocycles. The van der Waals surface area contributed by atoms with Crippen LogP contribution in [0.3, 0.4) is 0 Å². The lowest BCUT2D eigenvalue weighted by molar-refractivity contribution is -0.125. The van der Waals surface area contributed by atoms with Gasteiger partial charge >= 0.3 is 0 Å². The van der Waals surface area contributed by atoms with Gasteiger partial charge in [0.1, 0.15) is 5.75 Å². The number of hydrogen-bond donors (Lipinski definition) is 1. The van der Waals surface area contributed by atoms with E-state index in [4.69, 9.17) is 9.57 Å². The highest BCUT2D eigenvalue weighted by Crippen LogP contribution is 2.21. The van der Waals surface area contributed by atoms with E-state index < -0.39 is 6.10 Å². The molecule has 1 atom stereocenters. The van der Waals surface area contributed by atoms with Crippen molar-refractivity contribution in [2.75, 3.05) is 12.4 Å². The number of aryl methyl sites for hydroxylation is 1. The SMILES string of the molecule is CCn1ncc(C2=NO[C@@H](C(=O)Nc3ccc(OC)cc3)C2)c1C. The Morgan fingerprint density at radius 2 is 2.17 bits per heavy atom. The first-order valence-electron chi connectivity index (χ1n) is 7.82. The number of hydrogen-bond acceptors (Lipinski definition) is 5. The van der Waals surface area contributed by atoms with E-state index in [9.17, 15) is 4.79 Å². The quantitative estimate of drug-likeness (QED) is 0.914. The van der Waals surface area contributed by atoms with Gasteiger partial charge in [-0.25, -0.2) is 0 Å². The Morgan fingerprint density at radius 3 is 2.79 bits per heavy atom. The molecule has 0 radical (unpaired) electrons. The number of ether oxygens (including phenoxy) is 1. The Kier molecular flexibility index (Phi) is 4.50. The summed E-state index contributed by atoms with van der Waals surface area (Å²) in [5.41, 5.74) is 3.39. The summed E-state index contributed by atoms with van der Waals surface area (Å²) in [6.07, 6.45) is 1.56. The summed E-state index contributed by atoms with van der Waals surface area (Å²) >= 11 is 0. The maximum Gasteiger partial charge on any atom is 0.268 e. The second kappa shape index (κ2) is 6.74. The van der Waals surface area contributed by atoms with E-state index in [0.29, 0.717) is 12.1 Å². The van der Waals surface area contributed by atoms with Crippen LogP contribution in [-0.2, 0) is 16.2 Å². The van der Waals surface area contributed by atoms with E-state index in [-0.39, 0.29) is 5.91 Å². The van der Waals surface area contributed by atoms with E-state index in [1.807, 2.05) is 18.5 Å². The molecule has 0 saturated carbocycles. The standard InChI is InChI=1S/C17H20N4O3/c1-4-21-11(2)14(10-18-21)15-9-16(24-20-15)17(22)19-12-5-7-13(23-3)8-6-12/h5-8,10,16H,4,9H2,1-3H3,(H,19,22)/t16-/m1/s1. The van der Waals surface area contributed by atoms with Crippen molar-refractivity contribution in [3.05, 3.63) is 41.7 Å². The number of nitrogens with zero attached hydrogens (tertiary/aromatic N) is 3. The number of benzene rings is 1. The summed E-state index contributed by atoms with van der Waals surface area (Å²) in [5, 5.41) is 11.2. The zero-order valence-electron chi connectivity index (χ0n) is 13.9. The summed E-state index contributed by atoms with van der Waals surface area (Å²) < 4.78 is 6.99. The summed E-state index contributed by atoms with van der Waals surface area (Å²) in [6, 6.07) is 7.14. The highest BCUT2D eigenvalue weighted by atomic mass is 16.6. The summed E-state index contributed by atoms with van der Waals surface area (Å²) in [4.78, 5) is 17.6. The Hall–Kier alpha value is -2.83. The van der Waals surface area contributed by atoms with Gasteiger partial charge in [-0.3, -0.25) is 9.48 Å². The van der Waals surface area contributed by atoms with Crippen molar-refractivity contribution in [2.45, 2.75) is 32.9 Å². The molecule has 2 aromatic rings.